The Morgan fingerprint density at radius 3 is 2.38 bits per heavy atom. The van der Waals surface area contributed by atoms with E-state index in [2.05, 4.69) is 0 Å². The summed E-state index contributed by atoms with van der Waals surface area (Å²) in [6, 6.07) is 4.74. The van der Waals surface area contributed by atoms with Gasteiger partial charge in [-0.25, -0.2) is 4.39 Å². The fraction of sp³-hybridized carbons (Fsp3) is 0.300. The first-order valence-corrected chi connectivity index (χ1v) is 4.39. The molecular weight excluding hydrogens is 189 g/mol. The van der Waals surface area contributed by atoms with Crippen molar-refractivity contribution in [3.8, 4) is 6.07 Å². The van der Waals surface area contributed by atoms with Crippen LogP contribution in [-0.4, -0.2) is 0 Å². The van der Waals surface area contributed by atoms with Gasteiger partial charge in [-0.3, -0.25) is 0 Å². The van der Waals surface area contributed by atoms with Crippen LogP contribution < -0.4 is 0 Å². The fourth-order valence-electron chi connectivity index (χ4n) is 0.773. The number of halogens is 2. The molecule has 0 fully saturated rings. The molecule has 0 aromatic heterocycles. The van der Waals surface area contributed by atoms with E-state index in [1.165, 1.54) is 19.1 Å². The van der Waals surface area contributed by atoms with Crippen molar-refractivity contribution < 1.29 is 4.39 Å². The second kappa shape index (κ2) is 5.55. The van der Waals surface area contributed by atoms with Crippen LogP contribution in [0, 0.1) is 24.1 Å². The zero-order valence-electron chi connectivity index (χ0n) is 7.86. The van der Waals surface area contributed by atoms with Crippen molar-refractivity contribution in [2.75, 3.05) is 0 Å². The van der Waals surface area contributed by atoms with Crippen LogP contribution in [-0.2, 0) is 0 Å². The summed E-state index contributed by atoms with van der Waals surface area (Å²) in [5.41, 5.74) is 0.631. The lowest BCUT2D eigenvalue weighted by Gasteiger charge is -1.99. The lowest BCUT2D eigenvalue weighted by atomic mass is 10.1. The van der Waals surface area contributed by atoms with Gasteiger partial charge >= 0.3 is 0 Å². The van der Waals surface area contributed by atoms with Gasteiger partial charge < -0.3 is 0 Å². The molecule has 13 heavy (non-hydrogen) atoms. The Kier molecular flexibility index (Phi) is 5.10. The molecule has 0 saturated carbocycles. The van der Waals surface area contributed by atoms with Gasteiger partial charge in [-0.05, 0) is 19.1 Å². The van der Waals surface area contributed by atoms with Crippen molar-refractivity contribution in [3.63, 3.8) is 0 Å². The normalized spacial score (nSPS) is 8.31. The molecule has 0 N–H and O–H groups in total. The van der Waals surface area contributed by atoms with E-state index in [1.54, 1.807) is 0 Å². The number of rotatable bonds is 0. The molecule has 0 heterocycles. The minimum Gasteiger partial charge on any atom is -0.205 e. The SMILES string of the molecule is CC.Cc1c(C#N)ccc(Cl)c1F. The molecule has 0 atom stereocenters. The fourth-order valence-corrected chi connectivity index (χ4v) is 0.978. The predicted octanol–water partition coefficient (Wildman–Crippen LogP) is 3.69. The zero-order chi connectivity index (χ0) is 10.4. The van der Waals surface area contributed by atoms with Crippen LogP contribution in [0.1, 0.15) is 25.0 Å². The van der Waals surface area contributed by atoms with Gasteiger partial charge in [0.15, 0.2) is 0 Å². The number of nitriles is 1. The molecule has 1 nitrogen and oxygen atoms in total. The first-order valence-electron chi connectivity index (χ1n) is 4.01. The van der Waals surface area contributed by atoms with Crippen molar-refractivity contribution in [2.24, 2.45) is 0 Å². The Labute approximate surface area is 82.8 Å². The highest BCUT2D eigenvalue weighted by atomic mass is 35.5. The predicted molar refractivity (Wildman–Crippen MR) is 52.2 cm³/mol. The molecule has 0 radical (unpaired) electrons. The van der Waals surface area contributed by atoms with Crippen LogP contribution in [0.5, 0.6) is 0 Å². The van der Waals surface area contributed by atoms with Gasteiger partial charge in [0.2, 0.25) is 0 Å². The Hall–Kier alpha value is -1.07. The molecule has 1 aromatic rings. The molecule has 0 spiro atoms. The smallest absolute Gasteiger partial charge is 0.146 e. The largest absolute Gasteiger partial charge is 0.205 e. The Morgan fingerprint density at radius 1 is 1.38 bits per heavy atom. The van der Waals surface area contributed by atoms with Crippen molar-refractivity contribution in [2.45, 2.75) is 20.8 Å². The van der Waals surface area contributed by atoms with Crippen molar-refractivity contribution in [3.05, 3.63) is 34.1 Å². The summed E-state index contributed by atoms with van der Waals surface area (Å²) >= 11 is 5.46. The highest BCUT2D eigenvalue weighted by molar-refractivity contribution is 6.30. The molecule has 1 aromatic carbocycles. The summed E-state index contributed by atoms with van der Waals surface area (Å²) in [5, 5.41) is 8.53. The average Bonchev–Trinajstić information content (AvgIpc) is 2.18. The first-order chi connectivity index (χ1) is 6.16. The first kappa shape index (κ1) is 11.9. The summed E-state index contributed by atoms with van der Waals surface area (Å²) in [5.74, 6) is -0.509. The molecule has 0 aliphatic rings. The van der Waals surface area contributed by atoms with E-state index >= 15 is 0 Å². The lowest BCUT2D eigenvalue weighted by molar-refractivity contribution is 0.618. The highest BCUT2D eigenvalue weighted by Crippen LogP contribution is 2.20. The van der Waals surface area contributed by atoms with Crippen LogP contribution in [0.25, 0.3) is 0 Å². The van der Waals surface area contributed by atoms with Gasteiger partial charge in [-0.15, -0.1) is 0 Å². The third kappa shape index (κ3) is 2.71. The maximum atomic E-state index is 12.9. The molecule has 0 amide bonds. The van der Waals surface area contributed by atoms with Gasteiger partial charge in [0, 0.05) is 5.56 Å². The summed E-state index contributed by atoms with van der Waals surface area (Å²) in [6.45, 7) is 5.53. The molecule has 0 saturated heterocycles. The van der Waals surface area contributed by atoms with Crippen molar-refractivity contribution >= 4 is 11.6 Å². The van der Waals surface area contributed by atoms with E-state index in [0.29, 0.717) is 11.1 Å². The lowest BCUT2D eigenvalue weighted by Crippen LogP contribution is -1.88. The molecule has 0 aliphatic carbocycles. The van der Waals surface area contributed by atoms with Gasteiger partial charge in [0.25, 0.3) is 0 Å². The topological polar surface area (TPSA) is 23.8 Å². The molecule has 0 unspecified atom stereocenters. The van der Waals surface area contributed by atoms with Crippen LogP contribution in [0.15, 0.2) is 12.1 Å². The minimum atomic E-state index is -0.509. The molecule has 1 rings (SSSR count). The van der Waals surface area contributed by atoms with E-state index < -0.39 is 5.82 Å². The van der Waals surface area contributed by atoms with Crippen LogP contribution in [0.2, 0.25) is 5.02 Å². The van der Waals surface area contributed by atoms with Gasteiger partial charge in [-0.2, -0.15) is 5.26 Å². The van der Waals surface area contributed by atoms with E-state index in [-0.39, 0.29) is 5.02 Å². The molecular formula is C10H11ClFN. The standard InChI is InChI=1S/C8H5ClFN.C2H6/c1-5-6(4-11)2-3-7(9)8(5)10;1-2/h2-3H,1H3;1-2H3. The Morgan fingerprint density at radius 2 is 1.92 bits per heavy atom. The number of hydrogen-bond acceptors (Lipinski definition) is 1. The molecule has 3 heteroatoms. The Bertz CT molecular complexity index is 328. The van der Waals surface area contributed by atoms with E-state index in [1.807, 2.05) is 19.9 Å². The van der Waals surface area contributed by atoms with E-state index in [4.69, 9.17) is 16.9 Å². The summed E-state index contributed by atoms with van der Waals surface area (Å²) in [7, 11) is 0. The number of hydrogen-bond donors (Lipinski definition) is 0. The molecule has 70 valence electrons. The number of nitrogens with zero attached hydrogens (tertiary/aromatic N) is 1. The quantitative estimate of drug-likeness (QED) is 0.625. The maximum absolute atomic E-state index is 12.9. The molecule has 0 aliphatic heterocycles. The van der Waals surface area contributed by atoms with Crippen LogP contribution >= 0.6 is 11.6 Å². The van der Waals surface area contributed by atoms with E-state index in [9.17, 15) is 4.39 Å². The van der Waals surface area contributed by atoms with Gasteiger partial charge in [0.1, 0.15) is 5.82 Å². The summed E-state index contributed by atoms with van der Waals surface area (Å²) < 4.78 is 12.9. The minimum absolute atomic E-state index is 0.0569. The third-order valence-electron chi connectivity index (χ3n) is 1.46. The van der Waals surface area contributed by atoms with Gasteiger partial charge in [-0.1, -0.05) is 25.4 Å². The maximum Gasteiger partial charge on any atom is 0.146 e. The highest BCUT2D eigenvalue weighted by Gasteiger charge is 2.06. The van der Waals surface area contributed by atoms with Crippen molar-refractivity contribution in [1.82, 2.24) is 0 Å². The van der Waals surface area contributed by atoms with Crippen LogP contribution in [0.4, 0.5) is 4.39 Å². The van der Waals surface area contributed by atoms with E-state index in [0.717, 1.165) is 0 Å². The van der Waals surface area contributed by atoms with Crippen molar-refractivity contribution in [1.29, 1.82) is 5.26 Å². The third-order valence-corrected chi connectivity index (χ3v) is 1.75. The second-order valence-corrected chi connectivity index (χ2v) is 2.55. The molecule has 0 bridgehead atoms. The van der Waals surface area contributed by atoms with Crippen LogP contribution in [0.3, 0.4) is 0 Å². The average molecular weight is 200 g/mol. The summed E-state index contributed by atoms with van der Waals surface area (Å²) in [6.07, 6.45) is 0. The zero-order valence-corrected chi connectivity index (χ0v) is 8.61. The monoisotopic (exact) mass is 199 g/mol. The Balaban J connectivity index is 0.000000671. The second-order valence-electron chi connectivity index (χ2n) is 2.15. The summed E-state index contributed by atoms with van der Waals surface area (Å²) in [4.78, 5) is 0. The number of benzene rings is 1. The van der Waals surface area contributed by atoms with Gasteiger partial charge in [0.05, 0.1) is 16.7 Å².